The third-order valence-corrected chi connectivity index (χ3v) is 2.12. The lowest BCUT2D eigenvalue weighted by Crippen LogP contribution is -2.15. The fourth-order valence-corrected chi connectivity index (χ4v) is 1.06. The molecule has 0 saturated heterocycles. The normalized spacial score (nSPS) is 12.3. The molecule has 0 fully saturated rings. The standard InChI is InChI=1S/C11H9F3N/c1-10(2,7-15)8-4-3-5-9(6-8)11(12,13)14/h4-6H,1-2H3. The molecule has 0 aliphatic carbocycles. The van der Waals surface area contributed by atoms with E-state index in [0.717, 1.165) is 12.1 Å². The number of hydrogen-bond acceptors (Lipinski definition) is 1. The second kappa shape index (κ2) is 3.58. The molecule has 1 rings (SSSR count). The predicted octanol–water partition coefficient (Wildman–Crippen LogP) is 3.31. The summed E-state index contributed by atoms with van der Waals surface area (Å²) in [6.45, 7) is 3.13. The molecule has 0 aliphatic rings. The quantitative estimate of drug-likeness (QED) is 0.700. The van der Waals surface area contributed by atoms with Crippen molar-refractivity contribution < 1.29 is 13.2 Å². The predicted molar refractivity (Wildman–Crippen MR) is 48.9 cm³/mol. The summed E-state index contributed by atoms with van der Waals surface area (Å²) in [5.74, 6) is 0. The summed E-state index contributed by atoms with van der Waals surface area (Å²) >= 11 is 0. The largest absolute Gasteiger partial charge is 0.416 e. The topological polar surface area (TPSA) is 23.8 Å². The zero-order chi connectivity index (χ0) is 11.7. The number of nitrogens with zero attached hydrogens (tertiary/aromatic N) is 1. The molecule has 0 N–H and O–H groups in total. The van der Waals surface area contributed by atoms with Gasteiger partial charge in [-0.15, -0.1) is 0 Å². The zero-order valence-electron chi connectivity index (χ0n) is 8.31. The van der Waals surface area contributed by atoms with Crippen molar-refractivity contribution in [3.05, 3.63) is 35.4 Å². The molecule has 0 saturated carbocycles. The van der Waals surface area contributed by atoms with Crippen molar-refractivity contribution >= 4 is 0 Å². The molecule has 1 radical (unpaired) electrons. The zero-order valence-corrected chi connectivity index (χ0v) is 8.31. The Morgan fingerprint density at radius 1 is 1.20 bits per heavy atom. The van der Waals surface area contributed by atoms with E-state index in [4.69, 9.17) is 5.26 Å². The lowest BCUT2D eigenvalue weighted by molar-refractivity contribution is -0.137. The Morgan fingerprint density at radius 2 is 1.73 bits per heavy atom. The summed E-state index contributed by atoms with van der Waals surface area (Å²) in [7, 11) is 0. The minimum atomic E-state index is -4.39. The average molecular weight is 212 g/mol. The van der Waals surface area contributed by atoms with Crippen LogP contribution in [0.4, 0.5) is 13.2 Å². The molecule has 0 aliphatic heterocycles. The van der Waals surface area contributed by atoms with Crippen LogP contribution >= 0.6 is 0 Å². The molecule has 15 heavy (non-hydrogen) atoms. The van der Waals surface area contributed by atoms with Crippen molar-refractivity contribution in [1.82, 2.24) is 0 Å². The monoisotopic (exact) mass is 212 g/mol. The molecule has 1 aromatic rings. The van der Waals surface area contributed by atoms with Gasteiger partial charge in [-0.1, -0.05) is 0 Å². The average Bonchev–Trinajstić information content (AvgIpc) is 2.17. The number of alkyl halides is 3. The van der Waals surface area contributed by atoms with Gasteiger partial charge in [-0.05, 0) is 43.7 Å². The molecule has 0 bridgehead atoms. The molecule has 0 atom stereocenters. The maximum absolute atomic E-state index is 12.4. The van der Waals surface area contributed by atoms with Gasteiger partial charge >= 0.3 is 6.18 Å². The van der Waals surface area contributed by atoms with Gasteiger partial charge in [-0.2, -0.15) is 18.4 Å². The van der Waals surface area contributed by atoms with Crippen LogP contribution in [0.1, 0.15) is 25.0 Å². The number of rotatable bonds is 1. The third kappa shape index (κ3) is 2.50. The first kappa shape index (κ1) is 11.6. The lowest BCUT2D eigenvalue weighted by Gasteiger charge is -2.17. The fraction of sp³-hybridized carbons (Fsp3) is 0.364. The SMILES string of the molecule is CC(C)(C#N)c1c[c]cc(C(F)(F)F)c1. The third-order valence-electron chi connectivity index (χ3n) is 2.12. The molecule has 4 heteroatoms. The minimum absolute atomic E-state index is 0.319. The Kier molecular flexibility index (Phi) is 2.76. The van der Waals surface area contributed by atoms with E-state index in [1.54, 1.807) is 13.8 Å². The molecule has 1 nitrogen and oxygen atoms in total. The number of benzene rings is 1. The van der Waals surface area contributed by atoms with Crippen LogP contribution in [-0.2, 0) is 11.6 Å². The van der Waals surface area contributed by atoms with E-state index in [1.807, 2.05) is 6.07 Å². The highest BCUT2D eigenvalue weighted by atomic mass is 19.4. The van der Waals surface area contributed by atoms with E-state index in [0.29, 0.717) is 5.56 Å². The molecule has 0 amide bonds. The van der Waals surface area contributed by atoms with E-state index >= 15 is 0 Å². The first-order valence-electron chi connectivity index (χ1n) is 4.27. The van der Waals surface area contributed by atoms with Gasteiger partial charge in [-0.25, -0.2) is 0 Å². The summed E-state index contributed by atoms with van der Waals surface area (Å²) in [6.07, 6.45) is -4.39. The van der Waals surface area contributed by atoms with Gasteiger partial charge in [0.05, 0.1) is 17.0 Å². The van der Waals surface area contributed by atoms with Crippen LogP contribution in [0.25, 0.3) is 0 Å². The van der Waals surface area contributed by atoms with Crippen molar-refractivity contribution in [3.63, 3.8) is 0 Å². The number of halogens is 3. The maximum atomic E-state index is 12.4. The van der Waals surface area contributed by atoms with Crippen LogP contribution in [0.3, 0.4) is 0 Å². The van der Waals surface area contributed by atoms with Gasteiger partial charge in [0, 0.05) is 0 Å². The molecule has 1 aromatic carbocycles. The highest BCUT2D eigenvalue weighted by Crippen LogP contribution is 2.32. The number of nitriles is 1. The molecule has 0 aromatic heterocycles. The maximum Gasteiger partial charge on any atom is 0.416 e. The molecule has 0 heterocycles. The Labute approximate surface area is 86.1 Å². The molecule has 79 valence electrons. The first-order valence-corrected chi connectivity index (χ1v) is 4.27. The van der Waals surface area contributed by atoms with Crippen molar-refractivity contribution in [3.8, 4) is 6.07 Å². The van der Waals surface area contributed by atoms with Gasteiger partial charge in [-0.3, -0.25) is 0 Å². The van der Waals surface area contributed by atoms with E-state index < -0.39 is 17.2 Å². The molecule has 0 spiro atoms. The minimum Gasteiger partial charge on any atom is -0.197 e. The summed E-state index contributed by atoms with van der Waals surface area (Å²) in [5.41, 5.74) is -1.39. The van der Waals surface area contributed by atoms with Gasteiger partial charge in [0.1, 0.15) is 0 Å². The smallest absolute Gasteiger partial charge is 0.197 e. The van der Waals surface area contributed by atoms with Crippen molar-refractivity contribution in [2.24, 2.45) is 0 Å². The summed E-state index contributed by atoms with van der Waals surface area (Å²) in [4.78, 5) is 0. The van der Waals surface area contributed by atoms with Crippen molar-refractivity contribution in [1.29, 1.82) is 5.26 Å². The van der Waals surface area contributed by atoms with Crippen molar-refractivity contribution in [2.45, 2.75) is 25.4 Å². The van der Waals surface area contributed by atoms with Gasteiger partial charge in [0.25, 0.3) is 0 Å². The molecule has 0 unspecified atom stereocenters. The lowest BCUT2D eigenvalue weighted by atomic mass is 9.85. The first-order chi connectivity index (χ1) is 6.77. The van der Waals surface area contributed by atoms with Crippen molar-refractivity contribution in [2.75, 3.05) is 0 Å². The van der Waals surface area contributed by atoms with Crippen LogP contribution in [-0.4, -0.2) is 0 Å². The Morgan fingerprint density at radius 3 is 2.20 bits per heavy atom. The Bertz CT molecular complexity index is 399. The second-order valence-corrected chi connectivity index (χ2v) is 3.74. The van der Waals surface area contributed by atoms with E-state index in [-0.39, 0.29) is 0 Å². The van der Waals surface area contributed by atoms with Crippen LogP contribution in [0.15, 0.2) is 18.2 Å². The Balaban J connectivity index is 3.22. The van der Waals surface area contributed by atoms with Crippen LogP contribution in [0.5, 0.6) is 0 Å². The van der Waals surface area contributed by atoms with Crippen LogP contribution in [0, 0.1) is 17.4 Å². The van der Waals surface area contributed by atoms with Gasteiger partial charge < -0.3 is 0 Å². The Hall–Kier alpha value is -1.50. The second-order valence-electron chi connectivity index (χ2n) is 3.74. The van der Waals surface area contributed by atoms with Crippen LogP contribution < -0.4 is 0 Å². The summed E-state index contributed by atoms with van der Waals surface area (Å²) < 4.78 is 37.1. The molecular weight excluding hydrogens is 203 g/mol. The van der Waals surface area contributed by atoms with E-state index in [2.05, 4.69) is 6.07 Å². The summed E-state index contributed by atoms with van der Waals surface area (Å²) in [6, 6.07) is 7.61. The molecular formula is C11H9F3N. The van der Waals surface area contributed by atoms with E-state index in [9.17, 15) is 13.2 Å². The van der Waals surface area contributed by atoms with Crippen LogP contribution in [0.2, 0.25) is 0 Å². The van der Waals surface area contributed by atoms with E-state index in [1.165, 1.54) is 6.07 Å². The highest BCUT2D eigenvalue weighted by Gasteiger charge is 2.32. The summed E-state index contributed by atoms with van der Waals surface area (Å²) in [5, 5.41) is 8.80. The highest BCUT2D eigenvalue weighted by molar-refractivity contribution is 5.34. The number of hydrogen-bond donors (Lipinski definition) is 0. The van der Waals surface area contributed by atoms with Gasteiger partial charge in [0.2, 0.25) is 0 Å². The fourth-order valence-electron chi connectivity index (χ4n) is 1.06. The van der Waals surface area contributed by atoms with Gasteiger partial charge in [0.15, 0.2) is 0 Å².